The molecule has 0 spiro atoms. The third kappa shape index (κ3) is 2.81. The number of aromatic nitrogens is 1. The highest BCUT2D eigenvalue weighted by Gasteiger charge is 2.52. The van der Waals surface area contributed by atoms with Gasteiger partial charge in [0.05, 0.1) is 17.4 Å². The van der Waals surface area contributed by atoms with Crippen LogP contribution in [0, 0.1) is 5.82 Å². The van der Waals surface area contributed by atoms with E-state index in [0.717, 1.165) is 0 Å². The second kappa shape index (κ2) is 5.00. The van der Waals surface area contributed by atoms with Gasteiger partial charge in [-0.15, -0.1) is 0 Å². The molecule has 0 radical (unpaired) electrons. The molecule has 2 heterocycles. The zero-order valence-corrected chi connectivity index (χ0v) is 13.0. The second-order valence-corrected chi connectivity index (χ2v) is 6.48. The van der Waals surface area contributed by atoms with E-state index in [1.807, 2.05) is 41.5 Å². The van der Waals surface area contributed by atoms with Crippen molar-refractivity contribution < 1.29 is 13.7 Å². The summed E-state index contributed by atoms with van der Waals surface area (Å²) >= 11 is 0. The first-order chi connectivity index (χ1) is 9.12. The van der Waals surface area contributed by atoms with Crippen LogP contribution in [0.25, 0.3) is 0 Å². The van der Waals surface area contributed by atoms with Crippen molar-refractivity contribution >= 4 is 18.4 Å². The Morgan fingerprint density at radius 2 is 1.75 bits per heavy atom. The number of pyridine rings is 1. The minimum atomic E-state index is -0.712. The Labute approximate surface area is 120 Å². The Balaban J connectivity index is 2.30. The lowest BCUT2D eigenvalue weighted by atomic mass is 9.79. The van der Waals surface area contributed by atoms with Gasteiger partial charge in [0, 0.05) is 11.5 Å². The first-order valence-corrected chi connectivity index (χ1v) is 6.90. The van der Waals surface area contributed by atoms with Gasteiger partial charge in [-0.3, -0.25) is 0 Å². The zero-order chi connectivity index (χ0) is 15.1. The van der Waals surface area contributed by atoms with Gasteiger partial charge in [0.2, 0.25) is 0 Å². The lowest BCUT2D eigenvalue weighted by Crippen LogP contribution is -2.41. The topological polar surface area (TPSA) is 43.4 Å². The number of halogens is 1. The fourth-order valence-corrected chi connectivity index (χ4v) is 1.98. The van der Waals surface area contributed by atoms with Crippen molar-refractivity contribution in [2.24, 2.45) is 0 Å². The molecule has 1 aromatic rings. The molecule has 1 aliphatic rings. The number of rotatable bonds is 3. The predicted octanol–water partition coefficient (Wildman–Crippen LogP) is 2.34. The van der Waals surface area contributed by atoms with E-state index < -0.39 is 24.1 Å². The molecular formula is C14H22BFN2O2. The molecule has 0 aromatic carbocycles. The van der Waals surface area contributed by atoms with Gasteiger partial charge in [0.25, 0.3) is 0 Å². The summed E-state index contributed by atoms with van der Waals surface area (Å²) in [6, 6.07) is 1.87. The summed E-state index contributed by atoms with van der Waals surface area (Å²) in [5.74, 6) is 0.198. The van der Waals surface area contributed by atoms with Crippen molar-refractivity contribution in [3.63, 3.8) is 0 Å². The van der Waals surface area contributed by atoms with Gasteiger partial charge in [-0.05, 0) is 47.6 Å². The highest BCUT2D eigenvalue weighted by Crippen LogP contribution is 2.36. The van der Waals surface area contributed by atoms with Gasteiger partial charge >= 0.3 is 7.12 Å². The minimum absolute atomic E-state index is 0.221. The zero-order valence-electron chi connectivity index (χ0n) is 13.0. The van der Waals surface area contributed by atoms with Crippen LogP contribution >= 0.6 is 0 Å². The molecule has 0 unspecified atom stereocenters. The van der Waals surface area contributed by atoms with Crippen molar-refractivity contribution in [1.29, 1.82) is 0 Å². The second-order valence-electron chi connectivity index (χ2n) is 6.48. The fourth-order valence-electron chi connectivity index (χ4n) is 1.98. The van der Waals surface area contributed by atoms with Crippen LogP contribution in [-0.4, -0.2) is 29.3 Å². The first kappa shape index (κ1) is 15.3. The SMILES string of the molecule is CC(C)Nc1cc(B2OC(C)(C)C(C)(C)O2)c(F)cn1. The minimum Gasteiger partial charge on any atom is -0.399 e. The molecule has 110 valence electrons. The Bertz CT molecular complexity index is 490. The van der Waals surface area contributed by atoms with E-state index in [4.69, 9.17) is 9.31 Å². The van der Waals surface area contributed by atoms with Crippen LogP contribution in [0.15, 0.2) is 12.3 Å². The van der Waals surface area contributed by atoms with E-state index in [0.29, 0.717) is 11.3 Å². The quantitative estimate of drug-likeness (QED) is 0.863. The number of hydrogen-bond acceptors (Lipinski definition) is 4. The summed E-state index contributed by atoms with van der Waals surface area (Å²) in [6.07, 6.45) is 1.20. The van der Waals surface area contributed by atoms with Crippen molar-refractivity contribution in [3.05, 3.63) is 18.1 Å². The van der Waals surface area contributed by atoms with E-state index in [2.05, 4.69) is 10.3 Å². The van der Waals surface area contributed by atoms with Gasteiger partial charge in [-0.25, -0.2) is 9.37 Å². The molecule has 1 aliphatic heterocycles. The number of nitrogens with zero attached hydrogens (tertiary/aromatic N) is 1. The van der Waals surface area contributed by atoms with Crippen LogP contribution in [0.2, 0.25) is 0 Å². The molecule has 4 nitrogen and oxygen atoms in total. The van der Waals surface area contributed by atoms with E-state index in [1.165, 1.54) is 6.20 Å². The highest BCUT2D eigenvalue weighted by atomic mass is 19.1. The molecule has 20 heavy (non-hydrogen) atoms. The summed E-state index contributed by atoms with van der Waals surface area (Å²) in [4.78, 5) is 4.03. The van der Waals surface area contributed by atoms with Crippen molar-refractivity contribution in [3.8, 4) is 0 Å². The van der Waals surface area contributed by atoms with Crippen LogP contribution in [-0.2, 0) is 9.31 Å². The van der Waals surface area contributed by atoms with Gasteiger partial charge in [0.1, 0.15) is 11.6 Å². The average Bonchev–Trinajstić information content (AvgIpc) is 2.50. The van der Waals surface area contributed by atoms with E-state index >= 15 is 0 Å². The number of nitrogens with one attached hydrogen (secondary N) is 1. The standard InChI is InChI=1S/C14H22BFN2O2/c1-9(2)18-12-7-10(11(16)8-17-12)15-19-13(3,4)14(5,6)20-15/h7-9H,1-6H3,(H,17,18). The largest absolute Gasteiger partial charge is 0.498 e. The van der Waals surface area contributed by atoms with Crippen LogP contribution in [0.3, 0.4) is 0 Å². The molecule has 1 fully saturated rings. The van der Waals surface area contributed by atoms with Gasteiger partial charge in [0.15, 0.2) is 0 Å². The maximum Gasteiger partial charge on any atom is 0.498 e. The molecule has 1 saturated heterocycles. The summed E-state index contributed by atoms with van der Waals surface area (Å²) in [6.45, 7) is 11.8. The lowest BCUT2D eigenvalue weighted by Gasteiger charge is -2.32. The molecule has 0 atom stereocenters. The summed E-state index contributed by atoms with van der Waals surface area (Å²) in [5, 5.41) is 3.15. The molecule has 2 rings (SSSR count). The Morgan fingerprint density at radius 3 is 2.25 bits per heavy atom. The smallest absolute Gasteiger partial charge is 0.399 e. The van der Waals surface area contributed by atoms with Crippen molar-refractivity contribution in [2.75, 3.05) is 5.32 Å². The maximum atomic E-state index is 14.0. The van der Waals surface area contributed by atoms with Crippen molar-refractivity contribution in [2.45, 2.75) is 58.8 Å². The lowest BCUT2D eigenvalue weighted by molar-refractivity contribution is 0.00578. The normalized spacial score (nSPS) is 20.5. The third-order valence-corrected chi connectivity index (χ3v) is 3.83. The molecular weight excluding hydrogens is 258 g/mol. The van der Waals surface area contributed by atoms with E-state index in [1.54, 1.807) is 6.07 Å². The molecule has 0 saturated carbocycles. The maximum absolute atomic E-state index is 14.0. The Kier molecular flexibility index (Phi) is 3.82. The van der Waals surface area contributed by atoms with Crippen LogP contribution in [0.1, 0.15) is 41.5 Å². The Hall–Kier alpha value is -1.14. The molecule has 1 aromatic heterocycles. The van der Waals surface area contributed by atoms with Crippen LogP contribution < -0.4 is 10.8 Å². The number of anilines is 1. The number of hydrogen-bond donors (Lipinski definition) is 1. The van der Waals surface area contributed by atoms with E-state index in [-0.39, 0.29) is 6.04 Å². The fraction of sp³-hybridized carbons (Fsp3) is 0.643. The van der Waals surface area contributed by atoms with Crippen LogP contribution in [0.5, 0.6) is 0 Å². The summed E-state index contributed by atoms with van der Waals surface area (Å²) < 4.78 is 25.8. The Morgan fingerprint density at radius 1 is 1.20 bits per heavy atom. The average molecular weight is 280 g/mol. The van der Waals surface area contributed by atoms with Crippen LogP contribution in [0.4, 0.5) is 10.2 Å². The molecule has 0 bridgehead atoms. The monoisotopic (exact) mass is 280 g/mol. The van der Waals surface area contributed by atoms with Crippen molar-refractivity contribution in [1.82, 2.24) is 4.98 Å². The van der Waals surface area contributed by atoms with Gasteiger partial charge in [-0.2, -0.15) is 0 Å². The first-order valence-electron chi connectivity index (χ1n) is 6.90. The molecule has 0 amide bonds. The highest BCUT2D eigenvalue weighted by molar-refractivity contribution is 6.62. The summed E-state index contributed by atoms with van der Waals surface area (Å²) in [7, 11) is -0.712. The molecule has 0 aliphatic carbocycles. The van der Waals surface area contributed by atoms with E-state index in [9.17, 15) is 4.39 Å². The molecule has 6 heteroatoms. The van der Waals surface area contributed by atoms with Gasteiger partial charge < -0.3 is 14.6 Å². The predicted molar refractivity (Wildman–Crippen MR) is 78.7 cm³/mol. The third-order valence-electron chi connectivity index (χ3n) is 3.83. The summed E-state index contributed by atoms with van der Waals surface area (Å²) in [5.41, 5.74) is -0.598. The molecule has 1 N–H and O–H groups in total. The van der Waals surface area contributed by atoms with Gasteiger partial charge in [-0.1, -0.05) is 0 Å².